The lowest BCUT2D eigenvalue weighted by Crippen LogP contribution is -1.94. The van der Waals surface area contributed by atoms with Crippen molar-refractivity contribution in [3.63, 3.8) is 0 Å². The van der Waals surface area contributed by atoms with Crippen LogP contribution < -0.4 is 4.74 Å². The summed E-state index contributed by atoms with van der Waals surface area (Å²) in [6.45, 7) is 0. The van der Waals surface area contributed by atoms with Crippen LogP contribution in [0.4, 0.5) is 0 Å². The molecule has 0 spiro atoms. The fourth-order valence-corrected chi connectivity index (χ4v) is 8.27. The summed E-state index contributed by atoms with van der Waals surface area (Å²) < 4.78 is 23.9. The Morgan fingerprint density at radius 2 is 0.868 bits per heavy atom. The molecule has 0 saturated heterocycles. The van der Waals surface area contributed by atoms with E-state index in [1.165, 1.54) is 0 Å². The maximum Gasteiger partial charge on any atom is 0.153 e. The monoisotopic (exact) mass is 682 g/mol. The van der Waals surface area contributed by atoms with Crippen LogP contribution >= 0.6 is 0 Å². The Bertz CT molecular complexity index is 3230. The highest BCUT2D eigenvalue weighted by Gasteiger charge is 2.21. The number of para-hydroxylation sites is 2. The minimum Gasteiger partial charge on any atom is -0.456 e. The third-order valence-corrected chi connectivity index (χ3v) is 10.5. The highest BCUT2D eigenvalue weighted by molar-refractivity contribution is 6.15. The molecular formula is C46H26N4O3. The molecule has 12 aromatic rings. The number of ether oxygens (including phenoxy) is 1. The highest BCUT2D eigenvalue weighted by atomic mass is 16.5. The topological polar surface area (TPSA) is 71.2 Å². The van der Waals surface area contributed by atoms with Crippen molar-refractivity contribution < 1.29 is 13.6 Å². The van der Waals surface area contributed by atoms with Crippen molar-refractivity contribution in [1.82, 2.24) is 19.1 Å². The van der Waals surface area contributed by atoms with Crippen molar-refractivity contribution in [3.8, 4) is 22.9 Å². The molecule has 6 aromatic carbocycles. The number of rotatable bonds is 4. The van der Waals surface area contributed by atoms with Crippen LogP contribution in [0.3, 0.4) is 0 Å². The molecule has 0 radical (unpaired) electrons. The lowest BCUT2D eigenvalue weighted by atomic mass is 10.1. The zero-order valence-corrected chi connectivity index (χ0v) is 28.0. The minimum atomic E-state index is 0.778. The van der Waals surface area contributed by atoms with Crippen molar-refractivity contribution in [1.29, 1.82) is 0 Å². The summed E-state index contributed by atoms with van der Waals surface area (Å²) in [5, 5.41) is 6.27. The summed E-state index contributed by atoms with van der Waals surface area (Å²) in [6.07, 6.45) is 3.62. The number of nitrogens with zero attached hydrogens (tertiary/aromatic N) is 4. The van der Waals surface area contributed by atoms with E-state index in [-0.39, 0.29) is 0 Å². The van der Waals surface area contributed by atoms with Crippen LogP contribution in [-0.2, 0) is 0 Å². The van der Waals surface area contributed by atoms with E-state index in [9.17, 15) is 0 Å². The highest BCUT2D eigenvalue weighted by Crippen LogP contribution is 2.44. The Labute approximate surface area is 300 Å². The number of aromatic nitrogens is 4. The van der Waals surface area contributed by atoms with Crippen molar-refractivity contribution in [3.05, 3.63) is 158 Å². The second-order valence-electron chi connectivity index (χ2n) is 13.4. The first-order valence-electron chi connectivity index (χ1n) is 17.6. The zero-order chi connectivity index (χ0) is 34.6. The number of hydrogen-bond donors (Lipinski definition) is 0. The third kappa shape index (κ3) is 3.98. The largest absolute Gasteiger partial charge is 0.456 e. The van der Waals surface area contributed by atoms with Crippen LogP contribution in [0, 0.1) is 0 Å². The molecule has 53 heavy (non-hydrogen) atoms. The summed E-state index contributed by atoms with van der Waals surface area (Å²) in [4.78, 5) is 9.27. The molecule has 12 rings (SSSR count). The van der Waals surface area contributed by atoms with E-state index < -0.39 is 0 Å². The van der Waals surface area contributed by atoms with Gasteiger partial charge in [0.05, 0.1) is 32.8 Å². The van der Waals surface area contributed by atoms with Crippen LogP contribution in [0.5, 0.6) is 11.5 Å². The van der Waals surface area contributed by atoms with Gasteiger partial charge in [-0.2, -0.15) is 0 Å². The van der Waals surface area contributed by atoms with Gasteiger partial charge >= 0.3 is 0 Å². The zero-order valence-electron chi connectivity index (χ0n) is 28.0. The average Bonchev–Trinajstić information content (AvgIpc) is 3.95. The van der Waals surface area contributed by atoms with Crippen LogP contribution in [0.15, 0.2) is 167 Å². The maximum absolute atomic E-state index is 7.07. The molecule has 0 amide bonds. The predicted molar refractivity (Wildman–Crippen MR) is 212 cm³/mol. The number of furan rings is 2. The summed E-state index contributed by atoms with van der Waals surface area (Å²) in [7, 11) is 0. The molecule has 0 atom stereocenters. The molecule has 0 fully saturated rings. The fraction of sp³-hybridized carbons (Fsp3) is 0. The fourth-order valence-electron chi connectivity index (χ4n) is 8.27. The van der Waals surface area contributed by atoms with Gasteiger partial charge in [-0.15, -0.1) is 0 Å². The van der Waals surface area contributed by atoms with E-state index in [2.05, 4.69) is 128 Å². The number of pyridine rings is 2. The second-order valence-corrected chi connectivity index (χ2v) is 13.4. The molecule has 6 heterocycles. The normalized spacial score (nSPS) is 12.2. The first kappa shape index (κ1) is 28.3. The Hall–Kier alpha value is -7.38. The standard InChI is InChI=1S/C46H26N4O3/c1-3-11-33-29(9-1)43-35(49(33)27-19-21-37-31(25-27)45-41(51-37)17-7-23-47-45)13-5-15-39(43)53-40-16-6-14-36-44(40)30-10-2-4-12-34(30)50(36)28-20-22-38-32(26-28)46-42(52-38)18-8-24-48-46/h1-26H. The lowest BCUT2D eigenvalue weighted by Gasteiger charge is -2.11. The van der Waals surface area contributed by atoms with E-state index in [1.54, 1.807) is 0 Å². The van der Waals surface area contributed by atoms with E-state index >= 15 is 0 Å². The van der Waals surface area contributed by atoms with Gasteiger partial charge in [0, 0.05) is 45.3 Å². The van der Waals surface area contributed by atoms with Crippen LogP contribution in [0.1, 0.15) is 0 Å². The quantitative estimate of drug-likeness (QED) is 0.185. The molecule has 0 aliphatic heterocycles. The van der Waals surface area contributed by atoms with Gasteiger partial charge in [0.15, 0.2) is 11.2 Å². The van der Waals surface area contributed by atoms with Crippen LogP contribution in [0.25, 0.3) is 99.1 Å². The van der Waals surface area contributed by atoms with Gasteiger partial charge in [-0.1, -0.05) is 48.5 Å². The smallest absolute Gasteiger partial charge is 0.153 e. The van der Waals surface area contributed by atoms with Gasteiger partial charge in [-0.25, -0.2) is 0 Å². The third-order valence-electron chi connectivity index (χ3n) is 10.5. The molecular weight excluding hydrogens is 657 g/mol. The first-order chi connectivity index (χ1) is 26.3. The molecule has 0 aliphatic carbocycles. The van der Waals surface area contributed by atoms with E-state index in [0.717, 1.165) is 111 Å². The Kier molecular flexibility index (Phi) is 5.65. The van der Waals surface area contributed by atoms with Gasteiger partial charge < -0.3 is 22.7 Å². The summed E-state index contributed by atoms with van der Waals surface area (Å²) >= 11 is 0. The molecule has 0 N–H and O–H groups in total. The van der Waals surface area contributed by atoms with Gasteiger partial charge in [-0.3, -0.25) is 9.97 Å². The molecule has 0 unspecified atom stereocenters. The van der Waals surface area contributed by atoms with Gasteiger partial charge in [0.25, 0.3) is 0 Å². The Balaban J connectivity index is 1.06. The van der Waals surface area contributed by atoms with Crippen LogP contribution in [0.2, 0.25) is 0 Å². The Morgan fingerprint density at radius 1 is 0.396 bits per heavy atom. The average molecular weight is 683 g/mol. The van der Waals surface area contributed by atoms with Crippen molar-refractivity contribution in [2.75, 3.05) is 0 Å². The molecule has 0 aliphatic rings. The molecule has 7 nitrogen and oxygen atoms in total. The van der Waals surface area contributed by atoms with E-state index in [1.807, 2.05) is 48.8 Å². The second kappa shape index (κ2) is 10.6. The van der Waals surface area contributed by atoms with Crippen molar-refractivity contribution in [2.24, 2.45) is 0 Å². The predicted octanol–water partition coefficient (Wildman–Crippen LogP) is 12.3. The van der Waals surface area contributed by atoms with E-state index in [0.29, 0.717) is 0 Å². The van der Waals surface area contributed by atoms with Crippen molar-refractivity contribution in [2.45, 2.75) is 0 Å². The van der Waals surface area contributed by atoms with Gasteiger partial charge in [0.1, 0.15) is 33.7 Å². The van der Waals surface area contributed by atoms with Crippen molar-refractivity contribution >= 4 is 87.7 Å². The van der Waals surface area contributed by atoms with E-state index in [4.69, 9.17) is 13.6 Å². The lowest BCUT2D eigenvalue weighted by molar-refractivity contribution is 0.495. The summed E-state index contributed by atoms with van der Waals surface area (Å²) in [5.41, 5.74) is 11.2. The first-order valence-corrected chi connectivity index (χ1v) is 17.6. The minimum absolute atomic E-state index is 0.778. The SMILES string of the molecule is c1cnc2c(c1)oc1ccc(-n3c4ccccc4c4c(Oc5cccc6c5c5ccccc5n6-c5ccc6oc7cccnc7c6c5)cccc43)cc12. The maximum atomic E-state index is 7.07. The molecule has 0 saturated carbocycles. The molecule has 7 heteroatoms. The van der Waals surface area contributed by atoms with Crippen LogP contribution in [-0.4, -0.2) is 19.1 Å². The van der Waals surface area contributed by atoms with Gasteiger partial charge in [-0.05, 0) is 97.1 Å². The molecule has 0 bridgehead atoms. The number of benzene rings is 6. The molecule has 248 valence electrons. The number of fused-ring (bicyclic) bond motifs is 12. The number of hydrogen-bond acceptors (Lipinski definition) is 5. The summed E-state index contributed by atoms with van der Waals surface area (Å²) in [6, 6.07) is 50.0. The molecule has 6 aromatic heterocycles. The summed E-state index contributed by atoms with van der Waals surface area (Å²) in [5.74, 6) is 1.58. The Morgan fingerprint density at radius 3 is 1.38 bits per heavy atom. The van der Waals surface area contributed by atoms with Gasteiger partial charge in [0.2, 0.25) is 0 Å².